The Morgan fingerprint density at radius 1 is 1.08 bits per heavy atom. The molecule has 0 unspecified atom stereocenters. The molecule has 1 aliphatic heterocycles. The van der Waals surface area contributed by atoms with E-state index in [1.54, 1.807) is 0 Å². The minimum Gasteiger partial charge on any atom is -0.296 e. The van der Waals surface area contributed by atoms with Crippen LogP contribution < -0.4 is 5.32 Å². The fourth-order valence-electron chi connectivity index (χ4n) is 2.28. The summed E-state index contributed by atoms with van der Waals surface area (Å²) in [5, 5.41) is 2.11. The number of hydrogen-bond donors (Lipinski definition) is 1. The highest BCUT2D eigenvalue weighted by molar-refractivity contribution is 5.98. The minimum atomic E-state index is -2.67. The fourth-order valence-corrected chi connectivity index (χ4v) is 2.28. The SMILES string of the molecule is O=C1CC2(CC(=O)N1)CC(F)(F)C2. The van der Waals surface area contributed by atoms with Crippen LogP contribution in [0.1, 0.15) is 25.7 Å². The highest BCUT2D eigenvalue weighted by Crippen LogP contribution is 2.56. The largest absolute Gasteiger partial charge is 0.296 e. The van der Waals surface area contributed by atoms with E-state index < -0.39 is 23.2 Å². The zero-order valence-corrected chi connectivity index (χ0v) is 6.90. The number of carbonyl (C=O) groups is 2. The molecule has 2 fully saturated rings. The standard InChI is InChI=1S/C8H9F2NO2/c9-8(10)3-7(4-8)1-5(12)11-6(13)2-7/h1-4H2,(H,11,12,13). The van der Waals surface area contributed by atoms with Gasteiger partial charge in [0.15, 0.2) is 0 Å². The molecule has 1 aliphatic carbocycles. The quantitative estimate of drug-likeness (QED) is 0.574. The second kappa shape index (κ2) is 2.27. The lowest BCUT2D eigenvalue weighted by molar-refractivity contribution is -0.179. The molecule has 0 bridgehead atoms. The van der Waals surface area contributed by atoms with Crippen LogP contribution in [-0.2, 0) is 9.59 Å². The predicted octanol–water partition coefficient (Wildman–Crippen LogP) is 0.839. The maximum atomic E-state index is 12.6. The van der Waals surface area contributed by atoms with Gasteiger partial charge in [-0.3, -0.25) is 14.9 Å². The molecular formula is C8H9F2NO2. The van der Waals surface area contributed by atoms with E-state index in [0.29, 0.717) is 0 Å². The lowest BCUT2D eigenvalue weighted by Crippen LogP contribution is -2.54. The van der Waals surface area contributed by atoms with Crippen LogP contribution in [0.2, 0.25) is 0 Å². The van der Waals surface area contributed by atoms with Gasteiger partial charge < -0.3 is 0 Å². The van der Waals surface area contributed by atoms with Crippen LogP contribution in [0.25, 0.3) is 0 Å². The fraction of sp³-hybridized carbons (Fsp3) is 0.750. The van der Waals surface area contributed by atoms with Crippen LogP contribution in [0, 0.1) is 5.41 Å². The van der Waals surface area contributed by atoms with Crippen molar-refractivity contribution in [2.24, 2.45) is 5.41 Å². The number of rotatable bonds is 0. The molecule has 0 aromatic carbocycles. The van der Waals surface area contributed by atoms with Crippen LogP contribution >= 0.6 is 0 Å². The average Bonchev–Trinajstić information content (AvgIpc) is 1.77. The van der Waals surface area contributed by atoms with Crippen LogP contribution in [-0.4, -0.2) is 17.7 Å². The molecule has 5 heteroatoms. The molecule has 0 aromatic heterocycles. The lowest BCUT2D eigenvalue weighted by atomic mass is 9.61. The van der Waals surface area contributed by atoms with Crippen molar-refractivity contribution in [3.8, 4) is 0 Å². The van der Waals surface area contributed by atoms with E-state index in [4.69, 9.17) is 0 Å². The second-order valence-corrected chi connectivity index (χ2v) is 4.03. The van der Waals surface area contributed by atoms with Crippen molar-refractivity contribution in [3.05, 3.63) is 0 Å². The number of piperidine rings is 1. The molecular weight excluding hydrogens is 180 g/mol. The van der Waals surface area contributed by atoms with Gasteiger partial charge in [-0.1, -0.05) is 0 Å². The van der Waals surface area contributed by atoms with Gasteiger partial charge in [-0.05, 0) is 5.41 Å². The smallest absolute Gasteiger partial charge is 0.249 e. The van der Waals surface area contributed by atoms with Gasteiger partial charge in [-0.2, -0.15) is 0 Å². The molecule has 0 radical (unpaired) electrons. The number of halogens is 2. The molecule has 3 nitrogen and oxygen atoms in total. The Hall–Kier alpha value is -1.00. The van der Waals surface area contributed by atoms with E-state index in [-0.39, 0.29) is 25.7 Å². The number of amides is 2. The van der Waals surface area contributed by atoms with Gasteiger partial charge in [-0.15, -0.1) is 0 Å². The van der Waals surface area contributed by atoms with Gasteiger partial charge >= 0.3 is 0 Å². The van der Waals surface area contributed by atoms with Crippen LogP contribution in [0.4, 0.5) is 8.78 Å². The van der Waals surface area contributed by atoms with Crippen molar-refractivity contribution in [1.82, 2.24) is 5.32 Å². The molecule has 0 aromatic rings. The number of nitrogens with one attached hydrogen (secondary N) is 1. The van der Waals surface area contributed by atoms with E-state index in [0.717, 1.165) is 0 Å². The van der Waals surface area contributed by atoms with E-state index in [1.807, 2.05) is 0 Å². The summed E-state index contributed by atoms with van der Waals surface area (Å²) in [6, 6.07) is 0. The van der Waals surface area contributed by atoms with Gasteiger partial charge in [0.05, 0.1) is 0 Å². The normalized spacial score (nSPS) is 29.7. The molecule has 1 spiro atoms. The third kappa shape index (κ3) is 1.43. The molecule has 13 heavy (non-hydrogen) atoms. The number of alkyl halides is 2. The molecule has 72 valence electrons. The predicted molar refractivity (Wildman–Crippen MR) is 39.0 cm³/mol. The number of imide groups is 1. The van der Waals surface area contributed by atoms with E-state index in [2.05, 4.69) is 5.32 Å². The highest BCUT2D eigenvalue weighted by atomic mass is 19.3. The van der Waals surface area contributed by atoms with Crippen molar-refractivity contribution in [2.45, 2.75) is 31.6 Å². The third-order valence-electron chi connectivity index (χ3n) is 2.62. The zero-order chi connectivity index (χ0) is 9.69. The summed E-state index contributed by atoms with van der Waals surface area (Å²) in [4.78, 5) is 21.8. The summed E-state index contributed by atoms with van der Waals surface area (Å²) in [7, 11) is 0. The molecule has 0 atom stereocenters. The first-order valence-corrected chi connectivity index (χ1v) is 4.11. The molecule has 2 rings (SSSR count). The van der Waals surface area contributed by atoms with E-state index in [1.165, 1.54) is 0 Å². The lowest BCUT2D eigenvalue weighted by Gasteiger charge is -2.48. The Kier molecular flexibility index (Phi) is 1.50. The average molecular weight is 189 g/mol. The van der Waals surface area contributed by atoms with Crippen LogP contribution in [0.3, 0.4) is 0 Å². The zero-order valence-electron chi connectivity index (χ0n) is 6.90. The van der Waals surface area contributed by atoms with Gasteiger partial charge in [0.25, 0.3) is 0 Å². The van der Waals surface area contributed by atoms with Gasteiger partial charge in [0.1, 0.15) is 0 Å². The van der Waals surface area contributed by atoms with E-state index in [9.17, 15) is 18.4 Å². The summed E-state index contributed by atoms with van der Waals surface area (Å²) in [6.07, 6.45) is -0.513. The summed E-state index contributed by atoms with van der Waals surface area (Å²) in [5.41, 5.74) is -0.733. The minimum absolute atomic E-state index is 0.0638. The second-order valence-electron chi connectivity index (χ2n) is 4.03. The molecule has 1 saturated carbocycles. The summed E-state index contributed by atoms with van der Waals surface area (Å²) >= 11 is 0. The number of hydrogen-bond acceptors (Lipinski definition) is 2. The van der Waals surface area contributed by atoms with Gasteiger partial charge in [0.2, 0.25) is 17.7 Å². The number of carbonyl (C=O) groups excluding carboxylic acids is 2. The maximum absolute atomic E-state index is 12.6. The maximum Gasteiger partial charge on any atom is 0.249 e. The molecule has 1 N–H and O–H groups in total. The first kappa shape index (κ1) is 8.59. The van der Waals surface area contributed by atoms with Crippen molar-refractivity contribution < 1.29 is 18.4 Å². The van der Waals surface area contributed by atoms with Crippen molar-refractivity contribution >= 4 is 11.8 Å². The molecule has 1 saturated heterocycles. The van der Waals surface area contributed by atoms with Gasteiger partial charge in [0, 0.05) is 25.7 Å². The van der Waals surface area contributed by atoms with Crippen LogP contribution in [0.15, 0.2) is 0 Å². The summed E-state index contributed by atoms with van der Waals surface area (Å²) in [5.74, 6) is -3.52. The Balaban J connectivity index is 2.09. The first-order chi connectivity index (χ1) is 5.91. The molecule has 2 aliphatic rings. The topological polar surface area (TPSA) is 46.2 Å². The Labute approximate surface area is 73.5 Å². The van der Waals surface area contributed by atoms with Crippen molar-refractivity contribution in [1.29, 1.82) is 0 Å². The van der Waals surface area contributed by atoms with Crippen molar-refractivity contribution in [3.63, 3.8) is 0 Å². The Morgan fingerprint density at radius 3 is 1.92 bits per heavy atom. The highest BCUT2D eigenvalue weighted by Gasteiger charge is 2.59. The third-order valence-corrected chi connectivity index (χ3v) is 2.62. The molecule has 2 amide bonds. The monoisotopic (exact) mass is 189 g/mol. The van der Waals surface area contributed by atoms with Gasteiger partial charge in [-0.25, -0.2) is 8.78 Å². The Bertz CT molecular complexity index is 262. The summed E-state index contributed by atoms with van der Waals surface area (Å²) in [6.45, 7) is 0. The van der Waals surface area contributed by atoms with E-state index >= 15 is 0 Å². The van der Waals surface area contributed by atoms with Crippen molar-refractivity contribution in [2.75, 3.05) is 0 Å². The van der Waals surface area contributed by atoms with Crippen LogP contribution in [0.5, 0.6) is 0 Å². The summed E-state index contributed by atoms with van der Waals surface area (Å²) < 4.78 is 25.2. The Morgan fingerprint density at radius 2 is 1.54 bits per heavy atom. The first-order valence-electron chi connectivity index (χ1n) is 4.11. The molecule has 1 heterocycles.